The molecule has 4 nitrogen and oxygen atoms in total. The number of fused-ring (bicyclic) bond motifs is 5. The Hall–Kier alpha value is -2.75. The SMILES string of the molecule is CC(C)(C)c1ccc(-c2ccccc2)cc1NC(=O)[C@H]1CCC2C3CN=C4CC(=O)CC[C@]4(C)C3CC[C@@]21C. The standard InChI is InChI=1S/C35H44N2O2/c1-33(2,3)28-12-11-23(22-9-7-6-8-10-22)19-30(28)37-32(39)29-14-13-26-25-21-36-31-20-24(38)15-17-35(31,5)27(25)16-18-34(26,29)4/h6-12,19,25-27,29H,13-18,20-21H2,1-5H3,(H,37,39)/t25?,26?,27?,29-,34+,35-/m1/s1. The van der Waals surface area contributed by atoms with Gasteiger partial charge in [0.15, 0.2) is 0 Å². The first-order valence-corrected chi connectivity index (χ1v) is 15.1. The monoisotopic (exact) mass is 524 g/mol. The average Bonchev–Trinajstić information content (AvgIpc) is 3.26. The van der Waals surface area contributed by atoms with Gasteiger partial charge in [0.2, 0.25) is 5.91 Å². The van der Waals surface area contributed by atoms with Crippen LogP contribution < -0.4 is 5.32 Å². The quantitative estimate of drug-likeness (QED) is 0.444. The molecule has 0 radical (unpaired) electrons. The third-order valence-corrected chi connectivity index (χ3v) is 11.2. The fourth-order valence-corrected chi connectivity index (χ4v) is 8.97. The van der Waals surface area contributed by atoms with Crippen LogP contribution in [0.5, 0.6) is 0 Å². The zero-order valence-corrected chi connectivity index (χ0v) is 24.3. The molecule has 6 rings (SSSR count). The number of hydrogen-bond donors (Lipinski definition) is 1. The number of nitrogens with zero attached hydrogens (tertiary/aromatic N) is 1. The molecule has 0 saturated heterocycles. The van der Waals surface area contributed by atoms with Crippen LogP contribution in [0.15, 0.2) is 53.5 Å². The van der Waals surface area contributed by atoms with Crippen molar-refractivity contribution in [1.82, 2.24) is 0 Å². The Labute approximate surface area is 234 Å². The van der Waals surface area contributed by atoms with E-state index in [9.17, 15) is 9.59 Å². The van der Waals surface area contributed by atoms with Crippen LogP contribution in [0.3, 0.4) is 0 Å². The molecule has 2 aromatic rings. The highest BCUT2D eigenvalue weighted by molar-refractivity contribution is 6.07. The van der Waals surface area contributed by atoms with Gasteiger partial charge in [0, 0.05) is 42.1 Å². The maximum atomic E-state index is 14.1. The molecule has 4 aliphatic rings. The zero-order valence-electron chi connectivity index (χ0n) is 24.3. The van der Waals surface area contributed by atoms with Gasteiger partial charge in [0.25, 0.3) is 0 Å². The molecule has 1 amide bonds. The summed E-state index contributed by atoms with van der Waals surface area (Å²) in [6.45, 7) is 12.3. The van der Waals surface area contributed by atoms with Crippen molar-refractivity contribution in [2.75, 3.05) is 11.9 Å². The van der Waals surface area contributed by atoms with E-state index in [-0.39, 0.29) is 28.1 Å². The molecule has 3 unspecified atom stereocenters. The summed E-state index contributed by atoms with van der Waals surface area (Å²) < 4.78 is 0. The lowest BCUT2D eigenvalue weighted by Gasteiger charge is -2.56. The van der Waals surface area contributed by atoms with Gasteiger partial charge in [-0.1, -0.05) is 77.1 Å². The highest BCUT2D eigenvalue weighted by Crippen LogP contribution is 2.63. The van der Waals surface area contributed by atoms with Crippen LogP contribution in [0, 0.1) is 34.5 Å². The van der Waals surface area contributed by atoms with Gasteiger partial charge in [-0.2, -0.15) is 0 Å². The number of carbonyl (C=O) groups is 2. The number of hydrogen-bond acceptors (Lipinski definition) is 3. The number of nitrogens with one attached hydrogen (secondary N) is 1. The second-order valence-electron chi connectivity index (χ2n) is 14.3. The molecular weight excluding hydrogens is 480 g/mol. The Kier molecular flexibility index (Phi) is 6.39. The molecule has 1 N–H and O–H groups in total. The Morgan fingerprint density at radius 3 is 2.46 bits per heavy atom. The van der Waals surface area contributed by atoms with Crippen LogP contribution in [-0.4, -0.2) is 23.9 Å². The Morgan fingerprint density at radius 2 is 1.72 bits per heavy atom. The number of aliphatic imine (C=N–C) groups is 1. The average molecular weight is 525 g/mol. The smallest absolute Gasteiger partial charge is 0.228 e. The summed E-state index contributed by atoms with van der Waals surface area (Å²) in [6, 6.07) is 16.9. The number of rotatable bonds is 3. The minimum Gasteiger partial charge on any atom is -0.326 e. The largest absolute Gasteiger partial charge is 0.326 e. The van der Waals surface area contributed by atoms with E-state index in [4.69, 9.17) is 4.99 Å². The number of carbonyl (C=O) groups excluding carboxylic acids is 2. The van der Waals surface area contributed by atoms with Gasteiger partial charge in [-0.25, -0.2) is 0 Å². The predicted octanol–water partition coefficient (Wildman–Crippen LogP) is 7.86. The minimum atomic E-state index is -0.0767. The van der Waals surface area contributed by atoms with Gasteiger partial charge in [-0.05, 0) is 83.4 Å². The second-order valence-corrected chi connectivity index (χ2v) is 14.3. The first-order valence-electron chi connectivity index (χ1n) is 15.1. The molecule has 0 aromatic heterocycles. The van der Waals surface area contributed by atoms with Crippen LogP contribution in [-0.2, 0) is 15.0 Å². The molecule has 3 saturated carbocycles. The Balaban J connectivity index is 1.27. The minimum absolute atomic E-state index is 0.00193. The number of Topliss-reactive ketones (excluding diaryl/α,β-unsaturated/α-hetero) is 1. The molecule has 0 bridgehead atoms. The van der Waals surface area contributed by atoms with Gasteiger partial charge in [0.05, 0.1) is 0 Å². The lowest BCUT2D eigenvalue weighted by atomic mass is 9.49. The summed E-state index contributed by atoms with van der Waals surface area (Å²) in [6.07, 6.45) is 6.49. The number of ketones is 1. The van der Waals surface area contributed by atoms with E-state index in [1.54, 1.807) is 0 Å². The second kappa shape index (κ2) is 9.42. The van der Waals surface area contributed by atoms with Crippen molar-refractivity contribution in [1.29, 1.82) is 0 Å². The molecule has 39 heavy (non-hydrogen) atoms. The normalized spacial score (nSPS) is 34.0. The topological polar surface area (TPSA) is 58.5 Å². The Bertz CT molecular complexity index is 1320. The Morgan fingerprint density at radius 1 is 0.949 bits per heavy atom. The van der Waals surface area contributed by atoms with E-state index < -0.39 is 0 Å². The molecule has 4 heteroatoms. The van der Waals surface area contributed by atoms with Crippen molar-refractivity contribution in [3.8, 4) is 11.1 Å². The third kappa shape index (κ3) is 4.39. The molecule has 0 spiro atoms. The summed E-state index contributed by atoms with van der Waals surface area (Å²) in [5.41, 5.74) is 5.57. The molecular formula is C35H44N2O2. The maximum Gasteiger partial charge on any atom is 0.228 e. The maximum absolute atomic E-state index is 14.1. The molecule has 1 aliphatic heterocycles. The van der Waals surface area contributed by atoms with Crippen molar-refractivity contribution in [2.24, 2.45) is 39.5 Å². The molecule has 206 valence electrons. The lowest BCUT2D eigenvalue weighted by molar-refractivity contribution is -0.127. The van der Waals surface area contributed by atoms with Gasteiger partial charge in [-0.3, -0.25) is 14.6 Å². The van der Waals surface area contributed by atoms with E-state index in [1.807, 2.05) is 6.07 Å². The van der Waals surface area contributed by atoms with Gasteiger partial charge >= 0.3 is 0 Å². The molecule has 6 atom stereocenters. The van der Waals surface area contributed by atoms with Crippen LogP contribution >= 0.6 is 0 Å². The van der Waals surface area contributed by atoms with Crippen molar-refractivity contribution < 1.29 is 9.59 Å². The third-order valence-electron chi connectivity index (χ3n) is 11.2. The molecule has 1 heterocycles. The summed E-state index contributed by atoms with van der Waals surface area (Å²) in [5.74, 6) is 2.19. The summed E-state index contributed by atoms with van der Waals surface area (Å²) >= 11 is 0. The predicted molar refractivity (Wildman–Crippen MR) is 159 cm³/mol. The van der Waals surface area contributed by atoms with Crippen LogP contribution in [0.1, 0.15) is 85.1 Å². The summed E-state index contributed by atoms with van der Waals surface area (Å²) in [7, 11) is 0. The fourth-order valence-electron chi connectivity index (χ4n) is 8.97. The van der Waals surface area contributed by atoms with E-state index in [2.05, 4.69) is 82.4 Å². The lowest BCUT2D eigenvalue weighted by Crippen LogP contribution is -2.55. The molecule has 3 aliphatic carbocycles. The highest BCUT2D eigenvalue weighted by atomic mass is 16.2. The van der Waals surface area contributed by atoms with Crippen molar-refractivity contribution >= 4 is 23.1 Å². The van der Waals surface area contributed by atoms with Crippen molar-refractivity contribution in [3.05, 3.63) is 54.1 Å². The fraction of sp³-hybridized carbons (Fsp3) is 0.571. The highest BCUT2D eigenvalue weighted by Gasteiger charge is 2.60. The molecule has 3 fully saturated rings. The van der Waals surface area contributed by atoms with Gasteiger partial charge < -0.3 is 5.32 Å². The van der Waals surface area contributed by atoms with Crippen LogP contribution in [0.4, 0.5) is 5.69 Å². The van der Waals surface area contributed by atoms with Gasteiger partial charge in [0.1, 0.15) is 5.78 Å². The van der Waals surface area contributed by atoms with Crippen LogP contribution in [0.25, 0.3) is 11.1 Å². The number of amides is 1. The first kappa shape index (κ1) is 26.5. The van der Waals surface area contributed by atoms with Crippen LogP contribution in [0.2, 0.25) is 0 Å². The summed E-state index contributed by atoms with van der Waals surface area (Å²) in [5, 5.41) is 3.45. The van der Waals surface area contributed by atoms with Crippen molar-refractivity contribution in [2.45, 2.75) is 85.0 Å². The van der Waals surface area contributed by atoms with E-state index in [0.29, 0.717) is 36.4 Å². The van der Waals surface area contributed by atoms with E-state index >= 15 is 0 Å². The van der Waals surface area contributed by atoms with Crippen molar-refractivity contribution in [3.63, 3.8) is 0 Å². The molecule has 2 aromatic carbocycles. The van der Waals surface area contributed by atoms with E-state index in [1.165, 1.54) is 11.3 Å². The first-order chi connectivity index (χ1) is 18.5. The van der Waals surface area contributed by atoms with Gasteiger partial charge in [-0.15, -0.1) is 0 Å². The zero-order chi connectivity index (χ0) is 27.6. The number of benzene rings is 2. The summed E-state index contributed by atoms with van der Waals surface area (Å²) in [4.78, 5) is 31.4. The van der Waals surface area contributed by atoms with E-state index in [0.717, 1.165) is 55.5 Å². The number of anilines is 1.